The topological polar surface area (TPSA) is 182 Å². The molecule has 0 aromatic carbocycles. The summed E-state index contributed by atoms with van der Waals surface area (Å²) in [5.74, 6) is -0.223. The van der Waals surface area contributed by atoms with Crippen LogP contribution < -0.4 is 5.32 Å². The van der Waals surface area contributed by atoms with Crippen molar-refractivity contribution in [3.63, 3.8) is 0 Å². The van der Waals surface area contributed by atoms with E-state index in [4.69, 9.17) is 28.8 Å². The maximum atomic E-state index is 12.4. The standard InChI is InChI=1S/C26H37N3O10/c1-17-2-4-27-19(14-17)20-15-18(3-5-28-20)25(34)29-6-7-35-8-9-36-10-11-37-12-13-38-26-24(33)23(32)22(31)21(16-30)39-26/h2-5,14-15,21-24,26,30-33H,6-13,16H2,1H3,(H,29,34)/t21-,22-,23+,24-,26-/m1/s1. The number of hydrogen-bond donors (Lipinski definition) is 5. The summed E-state index contributed by atoms with van der Waals surface area (Å²) in [7, 11) is 0. The molecule has 0 saturated carbocycles. The smallest absolute Gasteiger partial charge is 0.251 e. The van der Waals surface area contributed by atoms with Crippen molar-refractivity contribution in [3.8, 4) is 11.4 Å². The number of aromatic nitrogens is 2. The fraction of sp³-hybridized carbons (Fsp3) is 0.577. The molecule has 39 heavy (non-hydrogen) atoms. The maximum Gasteiger partial charge on any atom is 0.251 e. The van der Waals surface area contributed by atoms with Gasteiger partial charge in [-0.3, -0.25) is 14.8 Å². The molecule has 3 rings (SSSR count). The van der Waals surface area contributed by atoms with Crippen LogP contribution in [-0.4, -0.2) is 126 Å². The van der Waals surface area contributed by atoms with Crippen LogP contribution >= 0.6 is 0 Å². The zero-order chi connectivity index (χ0) is 28.0. The van der Waals surface area contributed by atoms with Gasteiger partial charge in [-0.15, -0.1) is 0 Å². The fourth-order valence-electron chi connectivity index (χ4n) is 3.70. The molecule has 1 aliphatic heterocycles. The number of carbonyl (C=O) groups excluding carboxylic acids is 1. The average molecular weight is 552 g/mol. The summed E-state index contributed by atoms with van der Waals surface area (Å²) in [5.41, 5.74) is 2.89. The van der Waals surface area contributed by atoms with E-state index in [2.05, 4.69) is 15.3 Å². The minimum absolute atomic E-state index is 0.0706. The molecule has 1 fully saturated rings. The number of aliphatic hydroxyl groups excluding tert-OH is 4. The molecule has 13 heteroatoms. The third kappa shape index (κ3) is 9.83. The molecule has 5 atom stereocenters. The lowest BCUT2D eigenvalue weighted by atomic mass is 9.99. The van der Waals surface area contributed by atoms with Gasteiger partial charge < -0.3 is 49.4 Å². The van der Waals surface area contributed by atoms with Gasteiger partial charge in [0.1, 0.15) is 24.4 Å². The number of carbonyl (C=O) groups is 1. The summed E-state index contributed by atoms with van der Waals surface area (Å²) in [6.45, 7) is 3.74. The molecule has 0 aliphatic carbocycles. The highest BCUT2D eigenvalue weighted by atomic mass is 16.7. The van der Waals surface area contributed by atoms with Crippen LogP contribution in [0.2, 0.25) is 0 Å². The van der Waals surface area contributed by atoms with Gasteiger partial charge >= 0.3 is 0 Å². The second kappa shape index (κ2) is 16.5. The Hall–Kier alpha value is -2.59. The first-order chi connectivity index (χ1) is 18.9. The SMILES string of the molecule is Cc1ccnc(-c2cc(C(=O)NCCOCCOCCOCCO[C@@H]3O[C@H](CO)[C@@H](O)[C@H](O)[C@H]3O)ccn2)c1. The lowest BCUT2D eigenvalue weighted by Gasteiger charge is -2.39. The Morgan fingerprint density at radius 1 is 0.872 bits per heavy atom. The van der Waals surface area contributed by atoms with Crippen LogP contribution in [0.1, 0.15) is 15.9 Å². The van der Waals surface area contributed by atoms with Gasteiger partial charge in [0.05, 0.1) is 64.2 Å². The van der Waals surface area contributed by atoms with Crippen molar-refractivity contribution in [3.05, 3.63) is 47.8 Å². The number of ether oxygens (including phenoxy) is 5. The number of rotatable bonds is 16. The molecular weight excluding hydrogens is 514 g/mol. The third-order valence-electron chi connectivity index (χ3n) is 5.83. The Morgan fingerprint density at radius 2 is 1.49 bits per heavy atom. The van der Waals surface area contributed by atoms with E-state index in [9.17, 15) is 20.1 Å². The van der Waals surface area contributed by atoms with Crippen LogP contribution in [0.15, 0.2) is 36.7 Å². The van der Waals surface area contributed by atoms with Crippen molar-refractivity contribution in [1.29, 1.82) is 0 Å². The lowest BCUT2D eigenvalue weighted by molar-refractivity contribution is -0.302. The van der Waals surface area contributed by atoms with Crippen LogP contribution in [0.4, 0.5) is 0 Å². The van der Waals surface area contributed by atoms with Gasteiger partial charge in [0.15, 0.2) is 6.29 Å². The Kier molecular flexibility index (Phi) is 13.1. The monoisotopic (exact) mass is 551 g/mol. The normalized spacial score (nSPS) is 23.1. The summed E-state index contributed by atoms with van der Waals surface area (Å²) in [6.07, 6.45) is -3.25. The summed E-state index contributed by atoms with van der Waals surface area (Å²) in [6, 6.07) is 7.16. The lowest BCUT2D eigenvalue weighted by Crippen LogP contribution is -2.59. The maximum absolute atomic E-state index is 12.4. The van der Waals surface area contributed by atoms with Crippen LogP contribution in [0.3, 0.4) is 0 Å². The molecule has 0 bridgehead atoms. The molecule has 0 radical (unpaired) electrons. The number of hydrogen-bond acceptors (Lipinski definition) is 12. The zero-order valence-corrected chi connectivity index (χ0v) is 21.8. The highest BCUT2D eigenvalue weighted by Gasteiger charge is 2.43. The number of aliphatic hydroxyl groups is 4. The van der Waals surface area contributed by atoms with E-state index < -0.39 is 37.3 Å². The molecule has 13 nitrogen and oxygen atoms in total. The van der Waals surface area contributed by atoms with Crippen molar-refractivity contribution in [2.75, 3.05) is 59.4 Å². The first kappa shape index (κ1) is 30.9. The number of amides is 1. The van der Waals surface area contributed by atoms with E-state index in [1.807, 2.05) is 19.1 Å². The minimum atomic E-state index is -1.48. The summed E-state index contributed by atoms with van der Waals surface area (Å²) in [5, 5.41) is 41.3. The van der Waals surface area contributed by atoms with E-state index in [0.717, 1.165) is 5.56 Å². The van der Waals surface area contributed by atoms with Crippen LogP contribution in [-0.2, 0) is 23.7 Å². The number of nitrogens with zero attached hydrogens (tertiary/aromatic N) is 2. The van der Waals surface area contributed by atoms with E-state index >= 15 is 0 Å². The second-order valence-corrected chi connectivity index (χ2v) is 8.81. The molecular formula is C26H37N3O10. The second-order valence-electron chi connectivity index (χ2n) is 8.81. The van der Waals surface area contributed by atoms with Crippen molar-refractivity contribution in [1.82, 2.24) is 15.3 Å². The molecule has 0 unspecified atom stereocenters. The van der Waals surface area contributed by atoms with Gasteiger partial charge in [-0.1, -0.05) is 0 Å². The Bertz CT molecular complexity index is 1010. The van der Waals surface area contributed by atoms with Gasteiger partial charge in [0.2, 0.25) is 0 Å². The zero-order valence-electron chi connectivity index (χ0n) is 21.8. The predicted octanol–water partition coefficient (Wildman–Crippen LogP) is -0.952. The fourth-order valence-corrected chi connectivity index (χ4v) is 3.70. The number of pyridine rings is 2. The molecule has 2 aromatic rings. The van der Waals surface area contributed by atoms with Crippen molar-refractivity contribution in [2.24, 2.45) is 0 Å². The molecule has 1 saturated heterocycles. The van der Waals surface area contributed by atoms with Gasteiger partial charge in [-0.25, -0.2) is 0 Å². The molecule has 3 heterocycles. The van der Waals surface area contributed by atoms with Crippen molar-refractivity contribution in [2.45, 2.75) is 37.6 Å². The Labute approximate surface area is 226 Å². The Morgan fingerprint density at radius 3 is 2.15 bits per heavy atom. The molecule has 1 aliphatic rings. The van der Waals surface area contributed by atoms with E-state index in [0.29, 0.717) is 56.5 Å². The van der Waals surface area contributed by atoms with Gasteiger partial charge in [0, 0.05) is 24.5 Å². The van der Waals surface area contributed by atoms with Crippen LogP contribution in [0.25, 0.3) is 11.4 Å². The summed E-state index contributed by atoms with van der Waals surface area (Å²) in [4.78, 5) is 21.0. The largest absolute Gasteiger partial charge is 0.394 e. The van der Waals surface area contributed by atoms with Gasteiger partial charge in [0.25, 0.3) is 5.91 Å². The first-order valence-corrected chi connectivity index (χ1v) is 12.7. The van der Waals surface area contributed by atoms with E-state index in [1.165, 1.54) is 0 Å². The van der Waals surface area contributed by atoms with E-state index in [-0.39, 0.29) is 19.1 Å². The molecule has 5 N–H and O–H groups in total. The Balaban J connectivity index is 1.17. The van der Waals surface area contributed by atoms with Gasteiger partial charge in [-0.05, 0) is 36.8 Å². The first-order valence-electron chi connectivity index (χ1n) is 12.7. The molecule has 2 aromatic heterocycles. The predicted molar refractivity (Wildman–Crippen MR) is 137 cm³/mol. The van der Waals surface area contributed by atoms with Gasteiger partial charge in [-0.2, -0.15) is 0 Å². The quantitative estimate of drug-likeness (QED) is 0.162. The summed E-state index contributed by atoms with van der Waals surface area (Å²) < 4.78 is 26.8. The molecule has 0 spiro atoms. The molecule has 216 valence electrons. The number of aryl methyl sites for hydroxylation is 1. The molecule has 1 amide bonds. The third-order valence-corrected chi connectivity index (χ3v) is 5.83. The average Bonchev–Trinajstić information content (AvgIpc) is 2.95. The minimum Gasteiger partial charge on any atom is -0.394 e. The van der Waals surface area contributed by atoms with Crippen LogP contribution in [0.5, 0.6) is 0 Å². The highest BCUT2D eigenvalue weighted by molar-refractivity contribution is 5.94. The van der Waals surface area contributed by atoms with Crippen LogP contribution in [0, 0.1) is 6.92 Å². The summed E-state index contributed by atoms with van der Waals surface area (Å²) >= 11 is 0. The van der Waals surface area contributed by atoms with E-state index in [1.54, 1.807) is 24.5 Å². The number of nitrogens with one attached hydrogen (secondary N) is 1. The highest BCUT2D eigenvalue weighted by Crippen LogP contribution is 2.21. The van der Waals surface area contributed by atoms with Crippen molar-refractivity contribution >= 4 is 5.91 Å². The van der Waals surface area contributed by atoms with Crippen molar-refractivity contribution < 1.29 is 48.9 Å².